The van der Waals surface area contributed by atoms with Gasteiger partial charge in [-0.25, -0.2) is 0 Å². The molecule has 0 unspecified atom stereocenters. The zero-order valence-corrected chi connectivity index (χ0v) is 12.8. The summed E-state index contributed by atoms with van der Waals surface area (Å²) in [4.78, 5) is 12.5. The minimum atomic E-state index is -0.180. The summed E-state index contributed by atoms with van der Waals surface area (Å²) >= 11 is 0. The lowest BCUT2D eigenvalue weighted by molar-refractivity contribution is 0.0937. The van der Waals surface area contributed by atoms with Crippen LogP contribution in [-0.2, 0) is 6.42 Å². The van der Waals surface area contributed by atoms with Gasteiger partial charge < -0.3 is 19.3 Å². The summed E-state index contributed by atoms with van der Waals surface area (Å²) in [5.41, 5.74) is 2.15. The Bertz CT molecular complexity index is 708. The molecule has 3 rings (SSSR count). The van der Waals surface area contributed by atoms with Gasteiger partial charge in [0.15, 0.2) is 11.5 Å². The highest BCUT2D eigenvalue weighted by molar-refractivity contribution is 5.96. The van der Waals surface area contributed by atoms with E-state index in [1.807, 2.05) is 32.0 Å². The second-order valence-electron chi connectivity index (χ2n) is 5.22. The first-order valence-corrected chi connectivity index (χ1v) is 7.25. The maximum Gasteiger partial charge on any atom is 0.257 e. The van der Waals surface area contributed by atoms with Crippen LogP contribution in [0, 0.1) is 6.92 Å². The molecule has 1 amide bonds. The quantitative estimate of drug-likeness (QED) is 0.940. The van der Waals surface area contributed by atoms with E-state index in [1.165, 1.54) is 0 Å². The molecule has 1 N–H and O–H groups in total. The highest BCUT2D eigenvalue weighted by Crippen LogP contribution is 2.34. The highest BCUT2D eigenvalue weighted by Gasteiger charge is 2.22. The van der Waals surface area contributed by atoms with Crippen LogP contribution in [0.4, 0.5) is 0 Å². The number of fused-ring (bicyclic) bond motifs is 1. The molecule has 6 heteroatoms. The van der Waals surface area contributed by atoms with Crippen LogP contribution in [0.15, 0.2) is 22.7 Å². The predicted molar refractivity (Wildman–Crippen MR) is 79.1 cm³/mol. The molecule has 1 aromatic carbocycles. The fraction of sp³-hybridized carbons (Fsp3) is 0.375. The van der Waals surface area contributed by atoms with Gasteiger partial charge >= 0.3 is 0 Å². The fourth-order valence-corrected chi connectivity index (χ4v) is 2.48. The molecule has 0 radical (unpaired) electrons. The normalized spacial score (nSPS) is 14.0. The number of carbonyl (C=O) groups is 1. The number of amides is 1. The molecule has 0 fully saturated rings. The largest absolute Gasteiger partial charge is 0.454 e. The first-order valence-electron chi connectivity index (χ1n) is 7.25. The topological polar surface area (TPSA) is 73.6 Å². The molecule has 0 saturated heterocycles. The van der Waals surface area contributed by atoms with Crippen molar-refractivity contribution < 1.29 is 18.8 Å². The maximum atomic E-state index is 12.5. The SMILES string of the molecule is CCc1noc(C)c1C(=O)N[C@H](C)c1ccc2c(c1)OCO2. The molecule has 6 nitrogen and oxygen atoms in total. The van der Waals surface area contributed by atoms with Crippen LogP contribution in [0.2, 0.25) is 0 Å². The molecule has 1 aliphatic heterocycles. The van der Waals surface area contributed by atoms with Gasteiger partial charge in [0.1, 0.15) is 11.3 Å². The van der Waals surface area contributed by atoms with Crippen LogP contribution >= 0.6 is 0 Å². The van der Waals surface area contributed by atoms with E-state index >= 15 is 0 Å². The molecular formula is C16H18N2O4. The molecule has 22 heavy (non-hydrogen) atoms. The Morgan fingerprint density at radius 3 is 2.91 bits per heavy atom. The van der Waals surface area contributed by atoms with Crippen LogP contribution < -0.4 is 14.8 Å². The van der Waals surface area contributed by atoms with E-state index in [0.29, 0.717) is 29.2 Å². The first-order chi connectivity index (χ1) is 10.6. The number of nitrogens with one attached hydrogen (secondary N) is 1. The lowest BCUT2D eigenvalue weighted by Crippen LogP contribution is -2.27. The number of rotatable bonds is 4. The summed E-state index contributed by atoms with van der Waals surface area (Å²) < 4.78 is 15.8. The average Bonchev–Trinajstić information content (AvgIpc) is 3.11. The van der Waals surface area contributed by atoms with E-state index in [-0.39, 0.29) is 18.7 Å². The van der Waals surface area contributed by atoms with Crippen molar-refractivity contribution in [2.24, 2.45) is 0 Å². The molecule has 0 spiro atoms. The third kappa shape index (κ3) is 2.52. The van der Waals surface area contributed by atoms with Gasteiger partial charge in [-0.05, 0) is 38.0 Å². The van der Waals surface area contributed by atoms with Crippen LogP contribution in [0.3, 0.4) is 0 Å². The molecule has 0 aliphatic carbocycles. The third-order valence-corrected chi connectivity index (χ3v) is 3.74. The molecule has 1 atom stereocenters. The van der Waals surface area contributed by atoms with Crippen molar-refractivity contribution in [1.82, 2.24) is 10.5 Å². The molecular weight excluding hydrogens is 284 g/mol. The number of aromatic nitrogens is 1. The summed E-state index contributed by atoms with van der Waals surface area (Å²) in [6.45, 7) is 5.84. The molecule has 1 aliphatic rings. The Labute approximate surface area is 128 Å². The molecule has 0 bridgehead atoms. The van der Waals surface area contributed by atoms with Crippen molar-refractivity contribution in [3.8, 4) is 11.5 Å². The predicted octanol–water partition coefficient (Wildman–Crippen LogP) is 2.77. The summed E-state index contributed by atoms with van der Waals surface area (Å²) in [5, 5.41) is 6.88. The van der Waals surface area contributed by atoms with Gasteiger partial charge in [0.2, 0.25) is 6.79 Å². The zero-order valence-electron chi connectivity index (χ0n) is 12.8. The van der Waals surface area contributed by atoms with Crippen molar-refractivity contribution in [2.75, 3.05) is 6.79 Å². The fourth-order valence-electron chi connectivity index (χ4n) is 2.48. The Kier molecular flexibility index (Phi) is 3.75. The number of ether oxygens (including phenoxy) is 2. The number of aryl methyl sites for hydroxylation is 2. The van der Waals surface area contributed by atoms with E-state index in [0.717, 1.165) is 11.3 Å². The Morgan fingerprint density at radius 1 is 1.36 bits per heavy atom. The summed E-state index contributed by atoms with van der Waals surface area (Å²) in [6.07, 6.45) is 0.651. The van der Waals surface area contributed by atoms with E-state index in [9.17, 15) is 4.79 Å². The summed E-state index contributed by atoms with van der Waals surface area (Å²) in [5.74, 6) is 1.78. The van der Waals surface area contributed by atoms with Gasteiger partial charge in [-0.2, -0.15) is 0 Å². The average molecular weight is 302 g/mol. The van der Waals surface area contributed by atoms with Gasteiger partial charge in [-0.1, -0.05) is 18.1 Å². The van der Waals surface area contributed by atoms with E-state index in [4.69, 9.17) is 14.0 Å². The van der Waals surface area contributed by atoms with E-state index in [2.05, 4.69) is 10.5 Å². The number of carbonyl (C=O) groups excluding carboxylic acids is 1. The molecule has 2 aromatic rings. The summed E-state index contributed by atoms with van der Waals surface area (Å²) in [7, 11) is 0. The second kappa shape index (κ2) is 5.71. The summed E-state index contributed by atoms with van der Waals surface area (Å²) in [6, 6.07) is 5.48. The number of nitrogens with zero attached hydrogens (tertiary/aromatic N) is 1. The van der Waals surface area contributed by atoms with E-state index < -0.39 is 0 Å². The highest BCUT2D eigenvalue weighted by atomic mass is 16.7. The first kappa shape index (κ1) is 14.4. The van der Waals surface area contributed by atoms with Crippen molar-refractivity contribution in [1.29, 1.82) is 0 Å². The number of hydrogen-bond acceptors (Lipinski definition) is 5. The van der Waals surface area contributed by atoms with Crippen molar-refractivity contribution >= 4 is 5.91 Å². The van der Waals surface area contributed by atoms with Crippen LogP contribution in [0.25, 0.3) is 0 Å². The van der Waals surface area contributed by atoms with Gasteiger partial charge in [-0.3, -0.25) is 4.79 Å². The monoisotopic (exact) mass is 302 g/mol. The minimum absolute atomic E-state index is 0.166. The lowest BCUT2D eigenvalue weighted by atomic mass is 10.1. The van der Waals surface area contributed by atoms with Crippen LogP contribution in [0.5, 0.6) is 11.5 Å². The van der Waals surface area contributed by atoms with Gasteiger partial charge in [0.25, 0.3) is 5.91 Å². The molecule has 0 saturated carbocycles. The van der Waals surface area contributed by atoms with Crippen LogP contribution in [-0.4, -0.2) is 17.9 Å². The molecule has 116 valence electrons. The Balaban J connectivity index is 1.77. The van der Waals surface area contributed by atoms with Gasteiger partial charge in [-0.15, -0.1) is 0 Å². The molecule has 2 heterocycles. The van der Waals surface area contributed by atoms with Gasteiger partial charge in [0.05, 0.1) is 11.7 Å². The zero-order chi connectivity index (χ0) is 15.7. The second-order valence-corrected chi connectivity index (χ2v) is 5.22. The standard InChI is InChI=1S/C16H18N2O4/c1-4-12-15(10(3)22-18-12)16(19)17-9(2)11-5-6-13-14(7-11)21-8-20-13/h5-7,9H,4,8H2,1-3H3,(H,17,19)/t9-/m1/s1. The van der Waals surface area contributed by atoms with Crippen molar-refractivity contribution in [3.63, 3.8) is 0 Å². The Morgan fingerprint density at radius 2 is 2.14 bits per heavy atom. The lowest BCUT2D eigenvalue weighted by Gasteiger charge is -2.14. The smallest absolute Gasteiger partial charge is 0.257 e. The van der Waals surface area contributed by atoms with E-state index in [1.54, 1.807) is 6.92 Å². The Hall–Kier alpha value is -2.50. The maximum absolute atomic E-state index is 12.5. The van der Waals surface area contributed by atoms with Crippen molar-refractivity contribution in [3.05, 3.63) is 40.8 Å². The molecule has 1 aromatic heterocycles. The number of hydrogen-bond donors (Lipinski definition) is 1. The number of benzene rings is 1. The third-order valence-electron chi connectivity index (χ3n) is 3.74. The minimum Gasteiger partial charge on any atom is -0.454 e. The van der Waals surface area contributed by atoms with Crippen LogP contribution in [0.1, 0.15) is 47.3 Å². The van der Waals surface area contributed by atoms with Crippen molar-refractivity contribution in [2.45, 2.75) is 33.2 Å². The van der Waals surface area contributed by atoms with Gasteiger partial charge in [0, 0.05) is 0 Å².